The first-order valence-electron chi connectivity index (χ1n) is 6.77. The topological polar surface area (TPSA) is 77.3 Å². The number of nitrogens with zero attached hydrogens (tertiary/aromatic N) is 1. The van der Waals surface area contributed by atoms with Crippen LogP contribution in [-0.2, 0) is 0 Å². The molecule has 0 aliphatic carbocycles. The van der Waals surface area contributed by atoms with Crippen molar-refractivity contribution in [2.24, 2.45) is 4.99 Å². The first kappa shape index (κ1) is 16.4. The summed E-state index contributed by atoms with van der Waals surface area (Å²) in [5, 5.41) is 9.18. The van der Waals surface area contributed by atoms with Crippen molar-refractivity contribution >= 4 is 17.9 Å². The van der Waals surface area contributed by atoms with Crippen LogP contribution in [0, 0.1) is 0 Å². The van der Waals surface area contributed by atoms with E-state index in [1.54, 1.807) is 30.3 Å². The molecule has 0 saturated heterocycles. The number of hydrogen-bond acceptors (Lipinski definition) is 5. The number of aliphatic imine (C=N–C) groups is 1. The monoisotopic (exact) mass is 315 g/mol. The predicted octanol–water partition coefficient (Wildman–Crippen LogP) is 3.16. The summed E-state index contributed by atoms with van der Waals surface area (Å²) in [6, 6.07) is 9.91. The van der Waals surface area contributed by atoms with E-state index < -0.39 is 5.97 Å². The first-order valence-corrected chi connectivity index (χ1v) is 6.77. The maximum atomic E-state index is 11.2. The van der Waals surface area contributed by atoms with Gasteiger partial charge in [0.15, 0.2) is 11.5 Å². The molecule has 0 aromatic heterocycles. The van der Waals surface area contributed by atoms with Crippen molar-refractivity contribution in [3.63, 3.8) is 0 Å². The van der Waals surface area contributed by atoms with Crippen LogP contribution in [0.5, 0.6) is 17.2 Å². The molecule has 0 saturated carbocycles. The molecule has 0 fully saturated rings. The molecule has 2 aromatic carbocycles. The Morgan fingerprint density at radius 2 is 1.61 bits per heavy atom. The zero-order chi connectivity index (χ0) is 16.8. The van der Waals surface area contributed by atoms with Crippen LogP contribution in [0.15, 0.2) is 41.4 Å². The second-order valence-electron chi connectivity index (χ2n) is 4.53. The van der Waals surface area contributed by atoms with E-state index in [2.05, 4.69) is 4.99 Å². The summed E-state index contributed by atoms with van der Waals surface area (Å²) in [4.78, 5) is 15.5. The van der Waals surface area contributed by atoms with Crippen LogP contribution in [0.4, 0.5) is 5.69 Å². The molecule has 2 rings (SSSR count). The molecular formula is C17H17NO5. The van der Waals surface area contributed by atoms with E-state index in [9.17, 15) is 9.90 Å². The quantitative estimate of drug-likeness (QED) is 0.829. The Kier molecular flexibility index (Phi) is 5.19. The lowest BCUT2D eigenvalue weighted by Gasteiger charge is -2.11. The number of carboxylic acids is 1. The summed E-state index contributed by atoms with van der Waals surface area (Å²) in [7, 11) is 4.60. The van der Waals surface area contributed by atoms with Crippen molar-refractivity contribution in [1.29, 1.82) is 0 Å². The van der Waals surface area contributed by atoms with Gasteiger partial charge in [-0.3, -0.25) is 4.99 Å². The highest BCUT2D eigenvalue weighted by molar-refractivity contribution is 5.95. The summed E-state index contributed by atoms with van der Waals surface area (Å²) in [5.74, 6) is 0.574. The van der Waals surface area contributed by atoms with Crippen LogP contribution in [0.1, 0.15) is 15.9 Å². The molecule has 0 amide bonds. The van der Waals surface area contributed by atoms with Gasteiger partial charge in [-0.15, -0.1) is 0 Å². The Labute approximate surface area is 134 Å². The van der Waals surface area contributed by atoms with Crippen LogP contribution >= 0.6 is 0 Å². The molecule has 0 unspecified atom stereocenters. The van der Waals surface area contributed by atoms with Crippen LogP contribution in [-0.4, -0.2) is 38.6 Å². The van der Waals surface area contributed by atoms with Crippen LogP contribution in [0.25, 0.3) is 0 Å². The standard InChI is InChI=1S/C17H17NO5/c1-21-14-9-16(23-3)15(22-2)8-11(14)10-18-13-7-5-4-6-12(13)17(19)20/h4-10H,1-3H3,(H,19,20). The average molecular weight is 315 g/mol. The van der Waals surface area contributed by atoms with Gasteiger partial charge in [-0.25, -0.2) is 4.79 Å². The molecule has 0 radical (unpaired) electrons. The normalized spacial score (nSPS) is 10.6. The fourth-order valence-electron chi connectivity index (χ4n) is 2.06. The van der Waals surface area contributed by atoms with Gasteiger partial charge in [-0.05, 0) is 18.2 Å². The minimum absolute atomic E-state index is 0.128. The Morgan fingerprint density at radius 1 is 1.00 bits per heavy atom. The number of methoxy groups -OCH3 is 3. The SMILES string of the molecule is COc1cc(OC)c(OC)cc1C=Nc1ccccc1C(=O)O. The molecule has 0 bridgehead atoms. The maximum absolute atomic E-state index is 11.2. The van der Waals surface area contributed by atoms with Crippen LogP contribution in [0.2, 0.25) is 0 Å². The summed E-state index contributed by atoms with van der Waals surface area (Å²) in [6.45, 7) is 0. The van der Waals surface area contributed by atoms with E-state index in [4.69, 9.17) is 14.2 Å². The molecule has 6 nitrogen and oxygen atoms in total. The Hall–Kier alpha value is -3.02. The smallest absolute Gasteiger partial charge is 0.337 e. The number of benzene rings is 2. The van der Waals surface area contributed by atoms with E-state index in [0.717, 1.165) is 0 Å². The lowest BCUT2D eigenvalue weighted by molar-refractivity contribution is 0.0698. The van der Waals surface area contributed by atoms with Gasteiger partial charge >= 0.3 is 5.97 Å². The summed E-state index contributed by atoms with van der Waals surface area (Å²) in [6.07, 6.45) is 1.53. The van der Waals surface area contributed by atoms with E-state index in [1.807, 2.05) is 0 Å². The Bertz CT molecular complexity index is 740. The largest absolute Gasteiger partial charge is 0.496 e. The second-order valence-corrected chi connectivity index (χ2v) is 4.53. The lowest BCUT2D eigenvalue weighted by Crippen LogP contribution is -1.98. The number of para-hydroxylation sites is 1. The fourth-order valence-corrected chi connectivity index (χ4v) is 2.06. The van der Waals surface area contributed by atoms with Gasteiger partial charge in [-0.2, -0.15) is 0 Å². The summed E-state index contributed by atoms with van der Waals surface area (Å²) >= 11 is 0. The fraction of sp³-hybridized carbons (Fsp3) is 0.176. The molecule has 0 aliphatic rings. The highest BCUT2D eigenvalue weighted by Crippen LogP contribution is 2.34. The Morgan fingerprint density at radius 3 is 2.22 bits per heavy atom. The predicted molar refractivity (Wildman–Crippen MR) is 86.8 cm³/mol. The Balaban J connectivity index is 2.45. The zero-order valence-electron chi connectivity index (χ0n) is 13.1. The van der Waals surface area contributed by atoms with E-state index in [0.29, 0.717) is 28.5 Å². The van der Waals surface area contributed by atoms with Gasteiger partial charge < -0.3 is 19.3 Å². The molecule has 120 valence electrons. The molecular weight excluding hydrogens is 298 g/mol. The van der Waals surface area contributed by atoms with Crippen molar-refractivity contribution < 1.29 is 24.1 Å². The van der Waals surface area contributed by atoms with E-state index in [1.165, 1.54) is 33.6 Å². The third-order valence-corrected chi connectivity index (χ3v) is 3.21. The van der Waals surface area contributed by atoms with Crippen molar-refractivity contribution in [2.75, 3.05) is 21.3 Å². The number of rotatable bonds is 6. The number of hydrogen-bond donors (Lipinski definition) is 1. The van der Waals surface area contributed by atoms with Crippen molar-refractivity contribution in [2.45, 2.75) is 0 Å². The number of aromatic carboxylic acids is 1. The molecule has 2 aromatic rings. The van der Waals surface area contributed by atoms with Crippen LogP contribution < -0.4 is 14.2 Å². The summed E-state index contributed by atoms with van der Waals surface area (Å²) in [5.41, 5.74) is 1.13. The zero-order valence-corrected chi connectivity index (χ0v) is 13.1. The van der Waals surface area contributed by atoms with Crippen molar-refractivity contribution in [3.8, 4) is 17.2 Å². The third kappa shape index (κ3) is 3.60. The molecule has 0 heterocycles. The van der Waals surface area contributed by atoms with Gasteiger partial charge in [0.05, 0.1) is 32.6 Å². The van der Waals surface area contributed by atoms with Crippen molar-refractivity contribution in [1.82, 2.24) is 0 Å². The molecule has 6 heteroatoms. The van der Waals surface area contributed by atoms with E-state index >= 15 is 0 Å². The van der Waals surface area contributed by atoms with Gasteiger partial charge in [0.2, 0.25) is 0 Å². The third-order valence-electron chi connectivity index (χ3n) is 3.21. The molecule has 0 aliphatic heterocycles. The highest BCUT2D eigenvalue weighted by Gasteiger charge is 2.11. The first-order chi connectivity index (χ1) is 11.1. The maximum Gasteiger partial charge on any atom is 0.337 e. The van der Waals surface area contributed by atoms with Gasteiger partial charge in [0.1, 0.15) is 5.75 Å². The van der Waals surface area contributed by atoms with E-state index in [-0.39, 0.29) is 5.56 Å². The molecule has 0 spiro atoms. The number of ether oxygens (including phenoxy) is 3. The van der Waals surface area contributed by atoms with Gasteiger partial charge in [0.25, 0.3) is 0 Å². The summed E-state index contributed by atoms with van der Waals surface area (Å²) < 4.78 is 15.8. The minimum atomic E-state index is -1.03. The molecule has 1 N–H and O–H groups in total. The lowest BCUT2D eigenvalue weighted by atomic mass is 10.1. The highest BCUT2D eigenvalue weighted by atomic mass is 16.5. The molecule has 0 atom stereocenters. The second kappa shape index (κ2) is 7.31. The van der Waals surface area contributed by atoms with Gasteiger partial charge in [0, 0.05) is 17.8 Å². The van der Waals surface area contributed by atoms with Crippen LogP contribution in [0.3, 0.4) is 0 Å². The minimum Gasteiger partial charge on any atom is -0.496 e. The number of carboxylic acid groups (broad SMARTS) is 1. The van der Waals surface area contributed by atoms with Gasteiger partial charge in [-0.1, -0.05) is 12.1 Å². The van der Waals surface area contributed by atoms with Crippen molar-refractivity contribution in [3.05, 3.63) is 47.5 Å². The molecule has 23 heavy (non-hydrogen) atoms. The average Bonchev–Trinajstić information content (AvgIpc) is 2.59. The number of carbonyl (C=O) groups is 1.